The molecule has 0 bridgehead atoms. The number of ether oxygens (including phenoxy) is 4. The van der Waals surface area contributed by atoms with Crippen molar-refractivity contribution in [3.8, 4) is 23.0 Å². The van der Waals surface area contributed by atoms with Gasteiger partial charge in [0.05, 0.1) is 27.9 Å². The van der Waals surface area contributed by atoms with Crippen molar-refractivity contribution in [2.45, 2.75) is 51.4 Å². The first-order valence-corrected chi connectivity index (χ1v) is 12.9. The molecule has 0 amide bonds. The van der Waals surface area contributed by atoms with Gasteiger partial charge in [-0.25, -0.2) is 0 Å². The molecule has 1 aliphatic heterocycles. The topological polar surface area (TPSA) is 104 Å². The average molecular weight is 522 g/mol. The molecule has 0 aromatic heterocycles. The number of ketones is 1. The molecule has 1 N–H and O–H groups in total. The van der Waals surface area contributed by atoms with Crippen LogP contribution >= 0.6 is 0 Å². The summed E-state index contributed by atoms with van der Waals surface area (Å²) < 4.78 is 21.8. The maximum atomic E-state index is 13.8. The molecule has 0 saturated heterocycles. The summed E-state index contributed by atoms with van der Waals surface area (Å²) in [4.78, 5) is 32.0. The van der Waals surface area contributed by atoms with Crippen molar-refractivity contribution in [2.24, 2.45) is 10.9 Å². The molecule has 0 saturated carbocycles. The number of unbranched alkanes of at least 4 members (excludes halogenated alkanes) is 1. The average Bonchev–Trinajstić information content (AvgIpc) is 2.92. The minimum absolute atomic E-state index is 0.0165. The molecule has 1 aliphatic carbocycles. The minimum Gasteiger partial charge on any atom is -0.504 e. The predicted octanol–water partition coefficient (Wildman–Crippen LogP) is 5.34. The number of methoxy groups -OCH3 is 3. The molecule has 0 radical (unpaired) electrons. The molecule has 1 unspecified atom stereocenters. The van der Waals surface area contributed by atoms with Crippen molar-refractivity contribution in [3.63, 3.8) is 0 Å². The quantitative estimate of drug-likeness (QED) is 0.351. The lowest BCUT2D eigenvalue weighted by Gasteiger charge is -2.36. The van der Waals surface area contributed by atoms with Crippen LogP contribution in [0.1, 0.15) is 62.5 Å². The van der Waals surface area contributed by atoms with E-state index in [4.69, 9.17) is 23.9 Å². The van der Waals surface area contributed by atoms with Crippen LogP contribution in [0, 0.1) is 5.92 Å². The summed E-state index contributed by atoms with van der Waals surface area (Å²) in [6.07, 6.45) is 2.46. The van der Waals surface area contributed by atoms with E-state index in [9.17, 15) is 14.7 Å². The van der Waals surface area contributed by atoms with Gasteiger partial charge in [-0.3, -0.25) is 14.6 Å². The molecule has 2 aromatic carbocycles. The summed E-state index contributed by atoms with van der Waals surface area (Å²) >= 11 is 0. The fraction of sp³-hybridized carbons (Fsp3) is 0.433. The first kappa shape index (κ1) is 27.2. The second-order valence-electron chi connectivity index (χ2n) is 9.66. The van der Waals surface area contributed by atoms with E-state index in [2.05, 4.69) is 0 Å². The van der Waals surface area contributed by atoms with E-state index in [1.807, 2.05) is 32.0 Å². The first-order valence-electron chi connectivity index (χ1n) is 12.9. The van der Waals surface area contributed by atoms with Gasteiger partial charge in [-0.2, -0.15) is 0 Å². The summed E-state index contributed by atoms with van der Waals surface area (Å²) in [6, 6.07) is 10.6. The molecule has 0 fully saturated rings. The molecule has 1 heterocycles. The molecule has 2 aromatic rings. The van der Waals surface area contributed by atoms with Crippen LogP contribution in [0.5, 0.6) is 23.0 Å². The highest BCUT2D eigenvalue weighted by molar-refractivity contribution is 6.09. The van der Waals surface area contributed by atoms with Crippen LogP contribution < -0.4 is 14.2 Å². The molecule has 8 heteroatoms. The van der Waals surface area contributed by atoms with Crippen molar-refractivity contribution < 1.29 is 33.6 Å². The lowest BCUT2D eigenvalue weighted by atomic mass is 9.69. The number of allylic oxidation sites excluding steroid dienone is 2. The fourth-order valence-corrected chi connectivity index (χ4v) is 5.36. The number of hydrogen-bond donors (Lipinski definition) is 1. The van der Waals surface area contributed by atoms with Gasteiger partial charge in [0.15, 0.2) is 28.8 Å². The Morgan fingerprint density at radius 1 is 0.974 bits per heavy atom. The Morgan fingerprint density at radius 2 is 1.66 bits per heavy atom. The number of phenolic OH excluding ortho intramolecular Hbond substituents is 1. The Balaban J connectivity index is 1.77. The maximum Gasteiger partial charge on any atom is 0.315 e. The summed E-state index contributed by atoms with van der Waals surface area (Å²) in [5.41, 5.74) is 3.45. The zero-order chi connectivity index (χ0) is 27.4. The van der Waals surface area contributed by atoms with Gasteiger partial charge in [0, 0.05) is 29.3 Å². The Bertz CT molecular complexity index is 1280. The van der Waals surface area contributed by atoms with E-state index in [-0.39, 0.29) is 29.6 Å². The normalized spacial score (nSPS) is 20.9. The van der Waals surface area contributed by atoms with Crippen LogP contribution in [0.3, 0.4) is 0 Å². The zero-order valence-electron chi connectivity index (χ0n) is 22.6. The summed E-state index contributed by atoms with van der Waals surface area (Å²) in [5.74, 6) is -0.428. The van der Waals surface area contributed by atoms with E-state index in [1.165, 1.54) is 13.2 Å². The number of carbonyl (C=O) groups is 2. The van der Waals surface area contributed by atoms with E-state index in [0.717, 1.165) is 18.4 Å². The van der Waals surface area contributed by atoms with Crippen molar-refractivity contribution in [3.05, 3.63) is 58.8 Å². The monoisotopic (exact) mass is 521 g/mol. The molecule has 38 heavy (non-hydrogen) atoms. The summed E-state index contributed by atoms with van der Waals surface area (Å²) in [5, 5.41) is 10.2. The highest BCUT2D eigenvalue weighted by Crippen LogP contribution is 2.48. The predicted molar refractivity (Wildman–Crippen MR) is 143 cm³/mol. The van der Waals surface area contributed by atoms with Crippen LogP contribution in [0.4, 0.5) is 0 Å². The number of benzene rings is 2. The maximum absolute atomic E-state index is 13.8. The number of hydrogen-bond acceptors (Lipinski definition) is 8. The van der Waals surface area contributed by atoms with Gasteiger partial charge in [0.1, 0.15) is 5.92 Å². The van der Waals surface area contributed by atoms with Crippen LogP contribution in [-0.4, -0.2) is 50.5 Å². The second kappa shape index (κ2) is 11.7. The van der Waals surface area contributed by atoms with Crippen LogP contribution in [0.25, 0.3) is 0 Å². The number of esters is 1. The van der Waals surface area contributed by atoms with Crippen LogP contribution in [-0.2, 0) is 14.3 Å². The third kappa shape index (κ3) is 5.26. The van der Waals surface area contributed by atoms with Crippen molar-refractivity contribution in [2.75, 3.05) is 27.9 Å². The van der Waals surface area contributed by atoms with E-state index in [0.29, 0.717) is 47.1 Å². The summed E-state index contributed by atoms with van der Waals surface area (Å²) in [6.45, 7) is 4.15. The number of aromatic hydroxyl groups is 1. The molecule has 3 atom stereocenters. The molecule has 0 spiro atoms. The van der Waals surface area contributed by atoms with E-state index >= 15 is 0 Å². The van der Waals surface area contributed by atoms with E-state index < -0.39 is 17.8 Å². The Labute approximate surface area is 223 Å². The molecule has 2 aliphatic rings. The molecular formula is C30H35NO7. The standard InChI is InChI=1S/C30H35NO7/c1-6-7-12-38-30(34)27-17(2)31-21-13-20(18-9-11-24(35-3)26(15-18)37-5)14-23(33)29(21)28(27)19-8-10-22(32)25(16-19)36-4/h8-11,15-16,20,27-28,32H,6-7,12-14H2,1-5H3/t20-,27?,28+/m0/s1. The SMILES string of the molecule is CCCCOC(=O)C1C(C)=NC2=C(C(=O)C[C@@H](c3ccc(OC)c(OC)c3)C2)[C@@H]1c1ccc(O)c(OC)c1. The van der Waals surface area contributed by atoms with Gasteiger partial charge >= 0.3 is 5.97 Å². The Kier molecular flexibility index (Phi) is 8.39. The number of rotatable bonds is 9. The van der Waals surface area contributed by atoms with Gasteiger partial charge in [-0.1, -0.05) is 25.5 Å². The lowest BCUT2D eigenvalue weighted by Crippen LogP contribution is -2.38. The van der Waals surface area contributed by atoms with Crippen LogP contribution in [0.15, 0.2) is 52.7 Å². The lowest BCUT2D eigenvalue weighted by molar-refractivity contribution is -0.146. The largest absolute Gasteiger partial charge is 0.504 e. The summed E-state index contributed by atoms with van der Waals surface area (Å²) in [7, 11) is 4.63. The first-order chi connectivity index (χ1) is 18.3. The highest BCUT2D eigenvalue weighted by Gasteiger charge is 2.45. The van der Waals surface area contributed by atoms with Gasteiger partial charge in [-0.05, 0) is 61.1 Å². The van der Waals surface area contributed by atoms with Gasteiger partial charge < -0.3 is 24.1 Å². The zero-order valence-corrected chi connectivity index (χ0v) is 22.6. The molecule has 202 valence electrons. The smallest absolute Gasteiger partial charge is 0.315 e. The van der Waals surface area contributed by atoms with Gasteiger partial charge in [0.2, 0.25) is 0 Å². The number of phenols is 1. The molecule has 8 nitrogen and oxygen atoms in total. The third-order valence-corrected chi connectivity index (χ3v) is 7.33. The van der Waals surface area contributed by atoms with Crippen molar-refractivity contribution in [1.29, 1.82) is 0 Å². The highest BCUT2D eigenvalue weighted by atomic mass is 16.5. The van der Waals surface area contributed by atoms with Crippen LogP contribution in [0.2, 0.25) is 0 Å². The second-order valence-corrected chi connectivity index (χ2v) is 9.66. The van der Waals surface area contributed by atoms with Crippen molar-refractivity contribution >= 4 is 17.5 Å². The molecular weight excluding hydrogens is 486 g/mol. The molecule has 4 rings (SSSR count). The number of carbonyl (C=O) groups excluding carboxylic acids is 2. The Morgan fingerprint density at radius 3 is 2.34 bits per heavy atom. The number of aliphatic imine (C=N–C) groups is 1. The minimum atomic E-state index is -0.749. The van der Waals surface area contributed by atoms with E-state index in [1.54, 1.807) is 26.4 Å². The Hall–Kier alpha value is -3.81. The number of nitrogens with zero attached hydrogens (tertiary/aromatic N) is 1. The fourth-order valence-electron chi connectivity index (χ4n) is 5.36. The number of Topliss-reactive ketones (excluding diaryl/α,β-unsaturated/α-hetero) is 1. The van der Waals surface area contributed by atoms with Crippen molar-refractivity contribution in [1.82, 2.24) is 0 Å². The van der Waals surface area contributed by atoms with Gasteiger partial charge in [-0.15, -0.1) is 0 Å². The van der Waals surface area contributed by atoms with Gasteiger partial charge in [0.25, 0.3) is 0 Å². The third-order valence-electron chi connectivity index (χ3n) is 7.33.